The van der Waals surface area contributed by atoms with Gasteiger partial charge in [0, 0.05) is 7.47 Å². The number of hydrogen-bond donors (Lipinski definition) is 1. The molecule has 0 amide bonds. The van der Waals surface area contributed by atoms with Gasteiger partial charge in [-0.05, 0) is 12.1 Å². The van der Waals surface area contributed by atoms with Crippen LogP contribution in [0.4, 0.5) is 0 Å². The molecule has 0 fully saturated rings. The Bertz CT molecular complexity index is 172. The third-order valence-electron chi connectivity index (χ3n) is 1.26. The lowest BCUT2D eigenvalue weighted by molar-refractivity contribution is 0.465. The second-order valence-electron chi connectivity index (χ2n) is 2.61. The van der Waals surface area contributed by atoms with E-state index in [0.717, 1.165) is 12.3 Å². The molecule has 0 saturated heterocycles. The number of furan rings is 1. The highest BCUT2D eigenvalue weighted by atomic mass is 16.3. The van der Waals surface area contributed by atoms with Crippen molar-refractivity contribution in [3.05, 3.63) is 24.2 Å². The number of hydrogen-bond acceptors (Lipinski definition) is 2. The van der Waals surface area contributed by atoms with Crippen molar-refractivity contribution in [2.24, 2.45) is 0 Å². The van der Waals surface area contributed by atoms with E-state index in [4.69, 9.17) is 4.42 Å². The molecule has 58 valence electrons. The third-order valence-corrected chi connectivity index (χ3v) is 1.26. The van der Waals surface area contributed by atoms with Gasteiger partial charge in [-0.15, -0.1) is 0 Å². The maximum atomic E-state index is 5.12. The van der Waals surface area contributed by atoms with E-state index in [9.17, 15) is 0 Å². The molecule has 1 rings (SSSR count). The van der Waals surface area contributed by atoms with Gasteiger partial charge in [0.1, 0.15) is 5.76 Å². The van der Waals surface area contributed by atoms with E-state index >= 15 is 0 Å². The van der Waals surface area contributed by atoms with Crippen LogP contribution in [-0.2, 0) is 6.54 Å². The van der Waals surface area contributed by atoms with Gasteiger partial charge in [0.25, 0.3) is 0 Å². The van der Waals surface area contributed by atoms with Gasteiger partial charge in [0.15, 0.2) is 0 Å². The maximum absolute atomic E-state index is 5.12. The summed E-state index contributed by atoms with van der Waals surface area (Å²) in [7, 11) is 0. The molecule has 0 aliphatic carbocycles. The highest BCUT2D eigenvalue weighted by molar-refractivity contribution is 4.97. The van der Waals surface area contributed by atoms with Gasteiger partial charge in [-0.25, -0.2) is 0 Å². The van der Waals surface area contributed by atoms with Crippen molar-refractivity contribution in [2.75, 3.05) is 0 Å². The molecule has 0 bridgehead atoms. The SMILES string of the molecule is CC(C)NCc1ccco1.[HH]. The molecule has 0 aliphatic heterocycles. The fourth-order valence-electron chi connectivity index (χ4n) is 0.718. The Balaban J connectivity index is 0.000001000. The molecule has 2 nitrogen and oxygen atoms in total. The van der Waals surface area contributed by atoms with Gasteiger partial charge < -0.3 is 9.73 Å². The van der Waals surface area contributed by atoms with Gasteiger partial charge in [-0.1, -0.05) is 13.8 Å². The average molecular weight is 141 g/mol. The molecular weight excluding hydrogens is 126 g/mol. The van der Waals surface area contributed by atoms with E-state index in [1.807, 2.05) is 12.1 Å². The standard InChI is InChI=1S/C8H13NO.H2/c1-7(2)9-6-8-4-3-5-10-8;/h3-5,7,9H,6H2,1-2H3;1H. The van der Waals surface area contributed by atoms with Gasteiger partial charge in [-0.2, -0.15) is 0 Å². The average Bonchev–Trinajstić information content (AvgIpc) is 2.34. The van der Waals surface area contributed by atoms with Crippen LogP contribution in [0.1, 0.15) is 21.0 Å². The van der Waals surface area contributed by atoms with Gasteiger partial charge in [0.05, 0.1) is 12.8 Å². The molecule has 0 aliphatic rings. The minimum absolute atomic E-state index is 0. The van der Waals surface area contributed by atoms with Crippen LogP contribution in [0.25, 0.3) is 0 Å². The zero-order valence-electron chi connectivity index (χ0n) is 6.42. The lowest BCUT2D eigenvalue weighted by Gasteiger charge is -2.04. The number of nitrogens with one attached hydrogen (secondary N) is 1. The first kappa shape index (κ1) is 7.35. The molecule has 1 aromatic heterocycles. The molecule has 0 unspecified atom stereocenters. The summed E-state index contributed by atoms with van der Waals surface area (Å²) < 4.78 is 5.12. The highest BCUT2D eigenvalue weighted by Crippen LogP contribution is 1.98. The van der Waals surface area contributed by atoms with Gasteiger partial charge >= 0.3 is 0 Å². The summed E-state index contributed by atoms with van der Waals surface area (Å²) >= 11 is 0. The van der Waals surface area contributed by atoms with Crippen LogP contribution in [0.5, 0.6) is 0 Å². The first-order valence-electron chi connectivity index (χ1n) is 3.55. The molecule has 0 spiro atoms. The molecule has 0 saturated carbocycles. The predicted molar refractivity (Wildman–Crippen MR) is 42.8 cm³/mol. The van der Waals surface area contributed by atoms with Crippen molar-refractivity contribution in [1.29, 1.82) is 0 Å². The summed E-state index contributed by atoms with van der Waals surface area (Å²) in [5.41, 5.74) is 0. The Morgan fingerprint density at radius 2 is 2.50 bits per heavy atom. The monoisotopic (exact) mass is 141 g/mol. The molecule has 1 aromatic rings. The van der Waals surface area contributed by atoms with Crippen LogP contribution in [0, 0.1) is 0 Å². The molecule has 2 heteroatoms. The maximum Gasteiger partial charge on any atom is 0.117 e. The number of rotatable bonds is 3. The summed E-state index contributed by atoms with van der Waals surface area (Å²) in [6.07, 6.45) is 1.69. The second-order valence-corrected chi connectivity index (χ2v) is 2.61. The normalized spacial score (nSPS) is 10.7. The minimum Gasteiger partial charge on any atom is -0.468 e. The Labute approximate surface area is 62.7 Å². The first-order chi connectivity index (χ1) is 4.79. The zero-order chi connectivity index (χ0) is 7.40. The Morgan fingerprint density at radius 3 is 3.00 bits per heavy atom. The summed E-state index contributed by atoms with van der Waals surface area (Å²) in [5, 5.41) is 3.25. The summed E-state index contributed by atoms with van der Waals surface area (Å²) in [6.45, 7) is 5.05. The van der Waals surface area contributed by atoms with Gasteiger partial charge in [-0.3, -0.25) is 0 Å². The third kappa shape index (κ3) is 2.23. The molecule has 1 N–H and O–H groups in total. The quantitative estimate of drug-likeness (QED) is 0.696. The van der Waals surface area contributed by atoms with Crippen LogP contribution in [0.2, 0.25) is 0 Å². The van der Waals surface area contributed by atoms with Crippen molar-refractivity contribution in [2.45, 2.75) is 26.4 Å². The lowest BCUT2D eigenvalue weighted by Crippen LogP contribution is -2.21. The fraction of sp³-hybridized carbons (Fsp3) is 0.500. The van der Waals surface area contributed by atoms with E-state index in [2.05, 4.69) is 19.2 Å². The summed E-state index contributed by atoms with van der Waals surface area (Å²) in [5.74, 6) is 0.994. The van der Waals surface area contributed by atoms with Crippen molar-refractivity contribution in [1.82, 2.24) is 5.32 Å². The van der Waals surface area contributed by atoms with E-state index in [1.54, 1.807) is 6.26 Å². The van der Waals surface area contributed by atoms with Gasteiger partial charge in [0.2, 0.25) is 0 Å². The van der Waals surface area contributed by atoms with E-state index in [1.165, 1.54) is 0 Å². The smallest absolute Gasteiger partial charge is 0.117 e. The van der Waals surface area contributed by atoms with E-state index < -0.39 is 0 Å². The van der Waals surface area contributed by atoms with Crippen molar-refractivity contribution >= 4 is 0 Å². The molecule has 0 aromatic carbocycles. The van der Waals surface area contributed by atoms with Crippen LogP contribution in [0.3, 0.4) is 0 Å². The Kier molecular flexibility index (Phi) is 2.51. The minimum atomic E-state index is 0. The second kappa shape index (κ2) is 3.42. The van der Waals surface area contributed by atoms with Crippen LogP contribution in [0.15, 0.2) is 22.8 Å². The molecule has 0 atom stereocenters. The van der Waals surface area contributed by atoms with Crippen LogP contribution in [-0.4, -0.2) is 6.04 Å². The molecule has 10 heavy (non-hydrogen) atoms. The topological polar surface area (TPSA) is 25.2 Å². The van der Waals surface area contributed by atoms with Crippen molar-refractivity contribution in [3.63, 3.8) is 0 Å². The predicted octanol–water partition coefficient (Wildman–Crippen LogP) is 2.02. The largest absolute Gasteiger partial charge is 0.468 e. The van der Waals surface area contributed by atoms with Crippen molar-refractivity contribution < 1.29 is 5.84 Å². The zero-order valence-corrected chi connectivity index (χ0v) is 6.42. The van der Waals surface area contributed by atoms with Crippen LogP contribution >= 0.6 is 0 Å². The van der Waals surface area contributed by atoms with E-state index in [0.29, 0.717) is 6.04 Å². The Morgan fingerprint density at radius 1 is 1.70 bits per heavy atom. The Hall–Kier alpha value is -0.760. The molecular formula is C8H15NO. The van der Waals surface area contributed by atoms with E-state index in [-0.39, 0.29) is 1.43 Å². The molecule has 1 heterocycles. The summed E-state index contributed by atoms with van der Waals surface area (Å²) in [6, 6.07) is 4.39. The summed E-state index contributed by atoms with van der Waals surface area (Å²) in [4.78, 5) is 0. The van der Waals surface area contributed by atoms with Crippen LogP contribution < -0.4 is 5.32 Å². The first-order valence-corrected chi connectivity index (χ1v) is 3.55. The van der Waals surface area contributed by atoms with Crippen molar-refractivity contribution in [3.8, 4) is 0 Å². The lowest BCUT2D eigenvalue weighted by atomic mass is 10.3. The highest BCUT2D eigenvalue weighted by Gasteiger charge is 1.95. The molecule has 0 radical (unpaired) electrons. The fourth-order valence-corrected chi connectivity index (χ4v) is 0.718.